The maximum absolute atomic E-state index is 12.5. The summed E-state index contributed by atoms with van der Waals surface area (Å²) in [6.45, 7) is 5.37. The van der Waals surface area contributed by atoms with Gasteiger partial charge in [-0.3, -0.25) is 9.59 Å². The summed E-state index contributed by atoms with van der Waals surface area (Å²) in [4.78, 5) is 31.8. The zero-order chi connectivity index (χ0) is 20.8. The largest absolute Gasteiger partial charge is 0.339 e. The second-order valence-electron chi connectivity index (χ2n) is 7.29. The molecule has 1 aliphatic heterocycles. The molecule has 0 saturated carbocycles. The Bertz CT molecular complexity index is 1000. The van der Waals surface area contributed by atoms with Crippen molar-refractivity contribution in [3.05, 3.63) is 28.6 Å². The van der Waals surface area contributed by atoms with Crippen molar-refractivity contribution in [3.8, 4) is 12.3 Å². The highest BCUT2D eigenvalue weighted by atomic mass is 32.2. The van der Waals surface area contributed by atoms with Crippen LogP contribution in [0.5, 0.6) is 0 Å². The first-order chi connectivity index (χ1) is 14.0. The summed E-state index contributed by atoms with van der Waals surface area (Å²) in [6.07, 6.45) is 9.85. The van der Waals surface area contributed by atoms with Crippen molar-refractivity contribution in [2.45, 2.75) is 52.1 Å². The molecule has 2 heterocycles. The van der Waals surface area contributed by atoms with Gasteiger partial charge in [0.15, 0.2) is 4.80 Å². The average molecular weight is 430 g/mol. The number of thiazole rings is 1. The summed E-state index contributed by atoms with van der Waals surface area (Å²) in [6, 6.07) is 6.46. The molecule has 29 heavy (non-hydrogen) atoms. The minimum Gasteiger partial charge on any atom is -0.339 e. The molecule has 0 aliphatic carbocycles. The monoisotopic (exact) mass is 429 g/mol. The number of piperidine rings is 1. The van der Waals surface area contributed by atoms with Crippen molar-refractivity contribution in [2.24, 2.45) is 4.99 Å². The lowest BCUT2D eigenvalue weighted by molar-refractivity contribution is -0.132. The average Bonchev–Trinajstić information content (AvgIpc) is 3.04. The predicted octanol–water partition coefficient (Wildman–Crippen LogP) is 3.60. The summed E-state index contributed by atoms with van der Waals surface area (Å²) in [7, 11) is 0. The minimum atomic E-state index is -0.234. The van der Waals surface area contributed by atoms with Crippen molar-refractivity contribution in [3.63, 3.8) is 0 Å². The van der Waals surface area contributed by atoms with Gasteiger partial charge in [0.1, 0.15) is 0 Å². The van der Waals surface area contributed by atoms with Crippen LogP contribution in [0.2, 0.25) is 0 Å². The van der Waals surface area contributed by atoms with Crippen LogP contribution in [-0.4, -0.2) is 45.4 Å². The van der Waals surface area contributed by atoms with Crippen LogP contribution < -0.4 is 4.80 Å². The number of rotatable bonds is 6. The molecule has 0 bridgehead atoms. The van der Waals surface area contributed by atoms with Crippen molar-refractivity contribution in [2.75, 3.05) is 18.1 Å². The Labute approximate surface area is 180 Å². The van der Waals surface area contributed by atoms with E-state index in [1.807, 2.05) is 28.5 Å². The van der Waals surface area contributed by atoms with Gasteiger partial charge in [-0.15, -0.1) is 18.2 Å². The van der Waals surface area contributed by atoms with Crippen LogP contribution in [0.3, 0.4) is 0 Å². The molecule has 2 amide bonds. The molecule has 1 aromatic heterocycles. The second-order valence-corrected chi connectivity index (χ2v) is 9.28. The Balaban J connectivity index is 1.65. The molecule has 7 heteroatoms. The van der Waals surface area contributed by atoms with E-state index in [1.54, 1.807) is 0 Å². The van der Waals surface area contributed by atoms with Gasteiger partial charge < -0.3 is 9.47 Å². The van der Waals surface area contributed by atoms with Crippen LogP contribution in [0, 0.1) is 19.3 Å². The van der Waals surface area contributed by atoms with Crippen LogP contribution in [0.15, 0.2) is 23.2 Å². The number of hydrogen-bond donors (Lipinski definition) is 0. The maximum atomic E-state index is 12.5. The highest BCUT2D eigenvalue weighted by Crippen LogP contribution is 2.21. The quantitative estimate of drug-likeness (QED) is 0.660. The van der Waals surface area contributed by atoms with E-state index < -0.39 is 0 Å². The number of carbonyl (C=O) groups is 2. The molecular formula is C22H27N3O2S2. The SMILES string of the molecule is C#CCn1c(=NC(=O)CSCC(=O)N2CCCCC2CC)sc2cc(C)ccc21. The molecule has 1 aromatic carbocycles. The third kappa shape index (κ3) is 5.31. The van der Waals surface area contributed by atoms with E-state index in [0.29, 0.717) is 23.1 Å². The van der Waals surface area contributed by atoms with E-state index in [1.165, 1.54) is 29.5 Å². The topological polar surface area (TPSA) is 54.7 Å². The lowest BCUT2D eigenvalue weighted by Crippen LogP contribution is -2.44. The number of aromatic nitrogens is 1. The fourth-order valence-corrected chi connectivity index (χ4v) is 5.54. The summed E-state index contributed by atoms with van der Waals surface area (Å²) >= 11 is 2.81. The molecule has 0 N–H and O–H groups in total. The molecule has 1 saturated heterocycles. The smallest absolute Gasteiger partial charge is 0.258 e. The fourth-order valence-electron chi connectivity index (χ4n) is 3.71. The number of amides is 2. The van der Waals surface area contributed by atoms with Gasteiger partial charge in [-0.25, -0.2) is 0 Å². The fraction of sp³-hybridized carbons (Fsp3) is 0.500. The van der Waals surface area contributed by atoms with Crippen LogP contribution in [0.25, 0.3) is 10.2 Å². The van der Waals surface area contributed by atoms with Gasteiger partial charge in [0.25, 0.3) is 5.91 Å². The Morgan fingerprint density at radius 1 is 1.34 bits per heavy atom. The van der Waals surface area contributed by atoms with Gasteiger partial charge in [0, 0.05) is 12.6 Å². The van der Waals surface area contributed by atoms with Crippen LogP contribution in [0.1, 0.15) is 38.2 Å². The first kappa shape index (κ1) is 21.7. The number of aryl methyl sites for hydroxylation is 1. The molecular weight excluding hydrogens is 402 g/mol. The Morgan fingerprint density at radius 3 is 2.93 bits per heavy atom. The molecule has 1 atom stereocenters. The maximum Gasteiger partial charge on any atom is 0.258 e. The van der Waals surface area contributed by atoms with E-state index in [-0.39, 0.29) is 17.6 Å². The van der Waals surface area contributed by atoms with Crippen molar-refractivity contribution in [1.29, 1.82) is 0 Å². The van der Waals surface area contributed by atoms with E-state index in [0.717, 1.165) is 41.6 Å². The summed E-state index contributed by atoms with van der Waals surface area (Å²) < 4.78 is 2.96. The number of benzene rings is 1. The third-order valence-electron chi connectivity index (χ3n) is 5.18. The van der Waals surface area contributed by atoms with Crippen molar-refractivity contribution in [1.82, 2.24) is 9.47 Å². The highest BCUT2D eigenvalue weighted by Gasteiger charge is 2.25. The van der Waals surface area contributed by atoms with Crippen molar-refractivity contribution >= 4 is 45.1 Å². The summed E-state index contributed by atoms with van der Waals surface area (Å²) in [5.74, 6) is 3.06. The van der Waals surface area contributed by atoms with Gasteiger partial charge in [0.05, 0.1) is 28.3 Å². The Hall–Kier alpha value is -2.04. The summed E-state index contributed by atoms with van der Waals surface area (Å²) in [5.41, 5.74) is 2.14. The number of fused-ring (bicyclic) bond motifs is 1. The van der Waals surface area contributed by atoms with Gasteiger partial charge in [0.2, 0.25) is 5.91 Å². The van der Waals surface area contributed by atoms with E-state index in [2.05, 4.69) is 23.9 Å². The normalized spacial score (nSPS) is 17.5. The molecule has 5 nitrogen and oxygen atoms in total. The van der Waals surface area contributed by atoms with E-state index in [4.69, 9.17) is 6.42 Å². The highest BCUT2D eigenvalue weighted by molar-refractivity contribution is 8.00. The standard InChI is InChI=1S/C22H27N3O2S2/c1-4-11-25-18-10-9-16(3)13-19(18)29-22(25)23-20(26)14-28-15-21(27)24-12-7-6-8-17(24)5-2/h1,9-10,13,17H,5-8,11-12,14-15H2,2-3H3. The number of thioether (sulfide) groups is 1. The molecule has 0 radical (unpaired) electrons. The molecule has 3 rings (SSSR count). The first-order valence-electron chi connectivity index (χ1n) is 10.0. The number of likely N-dealkylation sites (tertiary alicyclic amines) is 1. The van der Waals surface area contributed by atoms with E-state index >= 15 is 0 Å². The summed E-state index contributed by atoms with van der Waals surface area (Å²) in [5, 5.41) is 0. The molecule has 154 valence electrons. The van der Waals surface area contributed by atoms with Gasteiger partial charge in [-0.1, -0.05) is 30.2 Å². The Kier molecular flexibility index (Phi) is 7.57. The molecule has 1 unspecified atom stereocenters. The van der Waals surface area contributed by atoms with Crippen LogP contribution in [0.4, 0.5) is 0 Å². The van der Waals surface area contributed by atoms with Crippen molar-refractivity contribution < 1.29 is 9.59 Å². The molecule has 1 aliphatic rings. The number of carbonyl (C=O) groups excluding carboxylic acids is 2. The van der Waals surface area contributed by atoms with Gasteiger partial charge in [-0.2, -0.15) is 4.99 Å². The lowest BCUT2D eigenvalue weighted by Gasteiger charge is -2.35. The predicted molar refractivity (Wildman–Crippen MR) is 121 cm³/mol. The first-order valence-corrected chi connectivity index (χ1v) is 12.0. The zero-order valence-electron chi connectivity index (χ0n) is 17.0. The molecule has 1 fully saturated rings. The molecule has 0 spiro atoms. The Morgan fingerprint density at radius 2 is 2.17 bits per heavy atom. The van der Waals surface area contributed by atoms with Gasteiger partial charge in [-0.05, 0) is 50.3 Å². The minimum absolute atomic E-state index is 0.133. The number of hydrogen-bond acceptors (Lipinski definition) is 4. The second kappa shape index (κ2) is 10.1. The van der Waals surface area contributed by atoms with Crippen LogP contribution >= 0.6 is 23.1 Å². The zero-order valence-corrected chi connectivity index (χ0v) is 18.7. The number of nitrogens with zero attached hydrogens (tertiary/aromatic N) is 3. The third-order valence-corrected chi connectivity index (χ3v) is 7.12. The van der Waals surface area contributed by atoms with Crippen LogP contribution in [-0.2, 0) is 16.1 Å². The van der Waals surface area contributed by atoms with E-state index in [9.17, 15) is 9.59 Å². The van der Waals surface area contributed by atoms with Gasteiger partial charge >= 0.3 is 0 Å². The molecule has 2 aromatic rings. The lowest BCUT2D eigenvalue weighted by atomic mass is 10.0. The number of terminal acetylenes is 1.